The van der Waals surface area contributed by atoms with E-state index in [2.05, 4.69) is 4.98 Å². The molecule has 1 N–H and O–H groups in total. The standard InChI is InChI=1S/C15H12ClNO3/c1-10-5-6-11(9-17-10)20-14-4-2-3-13(16)12(14)7-8-15(18)19/h2-9H,1H3,(H,18,19). The SMILES string of the molecule is Cc1ccc(Oc2cccc(Cl)c2C=CC(=O)O)cn1. The van der Waals surface area contributed by atoms with Crippen LogP contribution in [0.15, 0.2) is 42.6 Å². The van der Waals surface area contributed by atoms with Crippen molar-refractivity contribution >= 4 is 23.6 Å². The van der Waals surface area contributed by atoms with E-state index in [0.717, 1.165) is 11.8 Å². The van der Waals surface area contributed by atoms with Gasteiger partial charge in [-0.05, 0) is 37.3 Å². The Morgan fingerprint density at radius 3 is 2.80 bits per heavy atom. The Kier molecular flexibility index (Phi) is 4.38. The van der Waals surface area contributed by atoms with Gasteiger partial charge in [-0.1, -0.05) is 17.7 Å². The van der Waals surface area contributed by atoms with Crippen molar-refractivity contribution in [2.45, 2.75) is 6.92 Å². The molecule has 0 fully saturated rings. The van der Waals surface area contributed by atoms with Crippen LogP contribution in [0.25, 0.3) is 6.08 Å². The monoisotopic (exact) mass is 289 g/mol. The third-order valence-corrected chi connectivity index (χ3v) is 2.85. The first-order valence-corrected chi connectivity index (χ1v) is 6.24. The van der Waals surface area contributed by atoms with E-state index in [1.165, 1.54) is 6.08 Å². The van der Waals surface area contributed by atoms with Crippen molar-refractivity contribution in [3.05, 3.63) is 58.9 Å². The highest BCUT2D eigenvalue weighted by Gasteiger charge is 2.07. The molecule has 0 spiro atoms. The van der Waals surface area contributed by atoms with Crippen molar-refractivity contribution in [2.24, 2.45) is 0 Å². The number of aryl methyl sites for hydroxylation is 1. The molecule has 1 aromatic heterocycles. The first-order chi connectivity index (χ1) is 9.56. The van der Waals surface area contributed by atoms with E-state index < -0.39 is 5.97 Å². The fourth-order valence-electron chi connectivity index (χ4n) is 1.56. The second kappa shape index (κ2) is 6.21. The van der Waals surface area contributed by atoms with Crippen LogP contribution in [0.3, 0.4) is 0 Å². The predicted molar refractivity (Wildman–Crippen MR) is 77.2 cm³/mol. The number of aromatic nitrogens is 1. The van der Waals surface area contributed by atoms with E-state index in [0.29, 0.717) is 22.1 Å². The summed E-state index contributed by atoms with van der Waals surface area (Å²) in [6.45, 7) is 1.88. The molecule has 1 heterocycles. The van der Waals surface area contributed by atoms with Crippen LogP contribution in [0.2, 0.25) is 5.02 Å². The predicted octanol–water partition coefficient (Wildman–Crippen LogP) is 3.93. The average molecular weight is 290 g/mol. The van der Waals surface area contributed by atoms with Crippen LogP contribution in [0.4, 0.5) is 0 Å². The number of ether oxygens (including phenoxy) is 1. The molecular formula is C15H12ClNO3. The maximum atomic E-state index is 10.6. The van der Waals surface area contributed by atoms with Crippen LogP contribution >= 0.6 is 11.6 Å². The summed E-state index contributed by atoms with van der Waals surface area (Å²) in [5.41, 5.74) is 1.39. The number of rotatable bonds is 4. The van der Waals surface area contributed by atoms with Crippen molar-refractivity contribution in [1.29, 1.82) is 0 Å². The maximum absolute atomic E-state index is 10.6. The number of carboxylic acids is 1. The summed E-state index contributed by atoms with van der Waals surface area (Å²) in [5, 5.41) is 9.11. The van der Waals surface area contributed by atoms with Gasteiger partial charge >= 0.3 is 5.97 Å². The fraction of sp³-hybridized carbons (Fsp3) is 0.0667. The van der Waals surface area contributed by atoms with Crippen molar-refractivity contribution < 1.29 is 14.6 Å². The molecule has 0 radical (unpaired) electrons. The number of hydrogen-bond donors (Lipinski definition) is 1. The minimum absolute atomic E-state index is 0.417. The molecule has 0 unspecified atom stereocenters. The summed E-state index contributed by atoms with van der Waals surface area (Å²) in [6, 6.07) is 8.73. The van der Waals surface area contributed by atoms with Crippen LogP contribution in [-0.4, -0.2) is 16.1 Å². The van der Waals surface area contributed by atoms with E-state index in [-0.39, 0.29) is 0 Å². The fourth-order valence-corrected chi connectivity index (χ4v) is 1.79. The molecule has 20 heavy (non-hydrogen) atoms. The Morgan fingerprint density at radius 1 is 1.35 bits per heavy atom. The van der Waals surface area contributed by atoms with E-state index in [1.54, 1.807) is 30.5 Å². The number of nitrogens with zero attached hydrogens (tertiary/aromatic N) is 1. The summed E-state index contributed by atoms with van der Waals surface area (Å²) in [6.07, 6.45) is 4.02. The lowest BCUT2D eigenvalue weighted by molar-refractivity contribution is -0.131. The van der Waals surface area contributed by atoms with Crippen LogP contribution in [0.1, 0.15) is 11.3 Å². The molecule has 0 saturated heterocycles. The minimum Gasteiger partial charge on any atom is -0.478 e. The van der Waals surface area contributed by atoms with Gasteiger partial charge in [0.05, 0.1) is 11.2 Å². The number of carbonyl (C=O) groups is 1. The molecule has 0 aliphatic heterocycles. The van der Waals surface area contributed by atoms with E-state index in [1.807, 2.05) is 13.0 Å². The number of hydrogen-bond acceptors (Lipinski definition) is 3. The average Bonchev–Trinajstić information content (AvgIpc) is 2.40. The lowest BCUT2D eigenvalue weighted by Crippen LogP contribution is -1.91. The molecule has 0 bridgehead atoms. The van der Waals surface area contributed by atoms with Gasteiger partial charge in [-0.2, -0.15) is 0 Å². The summed E-state index contributed by atoms with van der Waals surface area (Å²) in [4.78, 5) is 14.7. The normalized spacial score (nSPS) is 10.7. The lowest BCUT2D eigenvalue weighted by Gasteiger charge is -2.09. The molecule has 4 nitrogen and oxygen atoms in total. The quantitative estimate of drug-likeness (QED) is 0.866. The molecule has 102 valence electrons. The zero-order valence-electron chi connectivity index (χ0n) is 10.7. The van der Waals surface area contributed by atoms with Crippen LogP contribution in [-0.2, 0) is 4.79 Å². The third-order valence-electron chi connectivity index (χ3n) is 2.52. The molecule has 5 heteroatoms. The number of benzene rings is 1. The summed E-state index contributed by atoms with van der Waals surface area (Å²) in [5.74, 6) is -0.0173. The summed E-state index contributed by atoms with van der Waals surface area (Å²) < 4.78 is 5.69. The van der Waals surface area contributed by atoms with E-state index in [9.17, 15) is 4.79 Å². The van der Waals surface area contributed by atoms with Gasteiger partial charge in [-0.15, -0.1) is 0 Å². The second-order valence-electron chi connectivity index (χ2n) is 4.06. The van der Waals surface area contributed by atoms with Crippen molar-refractivity contribution in [1.82, 2.24) is 4.98 Å². The number of halogens is 1. The number of carboxylic acid groups (broad SMARTS) is 1. The topological polar surface area (TPSA) is 59.4 Å². The van der Waals surface area contributed by atoms with Crippen molar-refractivity contribution in [2.75, 3.05) is 0 Å². The summed E-state index contributed by atoms with van der Waals surface area (Å²) >= 11 is 6.06. The zero-order chi connectivity index (χ0) is 14.5. The van der Waals surface area contributed by atoms with E-state index in [4.69, 9.17) is 21.4 Å². The Bertz CT molecular complexity index is 651. The highest BCUT2D eigenvalue weighted by molar-refractivity contribution is 6.32. The van der Waals surface area contributed by atoms with Gasteiger partial charge in [0.15, 0.2) is 0 Å². The number of pyridine rings is 1. The molecule has 0 saturated carbocycles. The van der Waals surface area contributed by atoms with Crippen LogP contribution in [0.5, 0.6) is 11.5 Å². The van der Waals surface area contributed by atoms with Gasteiger partial charge in [0.25, 0.3) is 0 Å². The van der Waals surface area contributed by atoms with Crippen molar-refractivity contribution in [3.8, 4) is 11.5 Å². The Labute approximate surface area is 121 Å². The maximum Gasteiger partial charge on any atom is 0.328 e. The molecule has 0 aliphatic rings. The molecule has 1 aromatic carbocycles. The Morgan fingerprint density at radius 2 is 2.15 bits per heavy atom. The van der Waals surface area contributed by atoms with Crippen LogP contribution < -0.4 is 4.74 Å². The highest BCUT2D eigenvalue weighted by Crippen LogP contribution is 2.31. The summed E-state index contributed by atoms with van der Waals surface area (Å²) in [7, 11) is 0. The van der Waals surface area contributed by atoms with Gasteiger partial charge in [-0.25, -0.2) is 4.79 Å². The van der Waals surface area contributed by atoms with Gasteiger partial charge in [0.2, 0.25) is 0 Å². The van der Waals surface area contributed by atoms with E-state index >= 15 is 0 Å². The Balaban J connectivity index is 2.33. The first-order valence-electron chi connectivity index (χ1n) is 5.86. The molecule has 0 atom stereocenters. The van der Waals surface area contributed by atoms with Gasteiger partial charge < -0.3 is 9.84 Å². The highest BCUT2D eigenvalue weighted by atomic mass is 35.5. The molecule has 0 aliphatic carbocycles. The van der Waals surface area contributed by atoms with Gasteiger partial charge in [0.1, 0.15) is 11.5 Å². The van der Waals surface area contributed by atoms with Gasteiger partial charge in [-0.3, -0.25) is 4.98 Å². The third kappa shape index (κ3) is 3.59. The minimum atomic E-state index is -1.05. The second-order valence-corrected chi connectivity index (χ2v) is 4.47. The van der Waals surface area contributed by atoms with Gasteiger partial charge in [0, 0.05) is 17.3 Å². The smallest absolute Gasteiger partial charge is 0.328 e. The number of aliphatic carboxylic acids is 1. The Hall–Kier alpha value is -2.33. The molecular weight excluding hydrogens is 278 g/mol. The van der Waals surface area contributed by atoms with Crippen molar-refractivity contribution in [3.63, 3.8) is 0 Å². The molecule has 2 rings (SSSR count). The first kappa shape index (κ1) is 14.1. The lowest BCUT2D eigenvalue weighted by atomic mass is 10.2. The zero-order valence-corrected chi connectivity index (χ0v) is 11.5. The largest absolute Gasteiger partial charge is 0.478 e. The molecule has 2 aromatic rings. The molecule has 0 amide bonds. The van der Waals surface area contributed by atoms with Crippen LogP contribution in [0, 0.1) is 6.92 Å².